The molecular weight excluding hydrogens is 300 g/mol. The van der Waals surface area contributed by atoms with Crippen LogP contribution in [0.4, 0.5) is 0 Å². The minimum atomic E-state index is -3.67. The van der Waals surface area contributed by atoms with E-state index >= 15 is 0 Å². The third-order valence-electron chi connectivity index (χ3n) is 4.34. The highest BCUT2D eigenvalue weighted by atomic mass is 32.2. The van der Waals surface area contributed by atoms with Gasteiger partial charge in [0.1, 0.15) is 0 Å². The van der Waals surface area contributed by atoms with Crippen molar-refractivity contribution in [3.05, 3.63) is 29.8 Å². The summed E-state index contributed by atoms with van der Waals surface area (Å²) >= 11 is 0. The molecule has 0 heterocycles. The standard InChI is InChI=1S/C16H24N2O3S/c1-12(14-7-9-15(10-8-14)22(17,20)21)18-16(19)11-6-13-4-2-3-5-13/h7-10,12-13H,2-6,11H2,1H3,(H,18,19)(H2,17,20,21)/t12-/m0/s1. The van der Waals surface area contributed by atoms with Gasteiger partial charge in [-0.1, -0.05) is 37.8 Å². The summed E-state index contributed by atoms with van der Waals surface area (Å²) in [6, 6.07) is 6.15. The lowest BCUT2D eigenvalue weighted by molar-refractivity contribution is -0.122. The van der Waals surface area contributed by atoms with Gasteiger partial charge in [-0.3, -0.25) is 4.79 Å². The maximum Gasteiger partial charge on any atom is 0.238 e. The number of rotatable bonds is 6. The topological polar surface area (TPSA) is 89.3 Å². The van der Waals surface area contributed by atoms with E-state index < -0.39 is 10.0 Å². The van der Waals surface area contributed by atoms with Crippen LogP contribution in [0, 0.1) is 5.92 Å². The van der Waals surface area contributed by atoms with Crippen molar-refractivity contribution in [2.75, 3.05) is 0 Å². The van der Waals surface area contributed by atoms with Crippen molar-refractivity contribution in [1.29, 1.82) is 0 Å². The molecule has 0 aromatic heterocycles. The molecule has 1 aliphatic rings. The van der Waals surface area contributed by atoms with Crippen LogP contribution in [0.3, 0.4) is 0 Å². The second-order valence-electron chi connectivity index (χ2n) is 6.09. The molecule has 5 nitrogen and oxygen atoms in total. The fourth-order valence-electron chi connectivity index (χ4n) is 2.98. The van der Waals surface area contributed by atoms with Gasteiger partial charge in [0.15, 0.2) is 0 Å². The predicted molar refractivity (Wildman–Crippen MR) is 85.6 cm³/mol. The van der Waals surface area contributed by atoms with E-state index in [-0.39, 0.29) is 16.8 Å². The summed E-state index contributed by atoms with van der Waals surface area (Å²) in [6.07, 6.45) is 6.60. The third-order valence-corrected chi connectivity index (χ3v) is 5.27. The Balaban J connectivity index is 1.85. The molecule has 0 unspecified atom stereocenters. The van der Waals surface area contributed by atoms with Crippen LogP contribution in [-0.2, 0) is 14.8 Å². The number of amides is 1. The second-order valence-corrected chi connectivity index (χ2v) is 7.65. The van der Waals surface area contributed by atoms with Crippen LogP contribution in [0.15, 0.2) is 29.2 Å². The van der Waals surface area contributed by atoms with Gasteiger partial charge in [0.25, 0.3) is 0 Å². The Morgan fingerprint density at radius 2 is 1.86 bits per heavy atom. The van der Waals surface area contributed by atoms with Gasteiger partial charge in [0, 0.05) is 6.42 Å². The Morgan fingerprint density at radius 3 is 2.41 bits per heavy atom. The van der Waals surface area contributed by atoms with Crippen LogP contribution < -0.4 is 10.5 Å². The molecule has 1 aliphatic carbocycles. The van der Waals surface area contributed by atoms with Crippen LogP contribution in [0.25, 0.3) is 0 Å². The van der Waals surface area contributed by atoms with Gasteiger partial charge < -0.3 is 5.32 Å². The van der Waals surface area contributed by atoms with E-state index in [0.29, 0.717) is 12.3 Å². The number of sulfonamides is 1. The first kappa shape index (κ1) is 17.0. The molecule has 1 atom stereocenters. The molecule has 6 heteroatoms. The molecule has 1 saturated carbocycles. The Morgan fingerprint density at radius 1 is 1.27 bits per heavy atom. The van der Waals surface area contributed by atoms with Gasteiger partial charge in [0.05, 0.1) is 10.9 Å². The van der Waals surface area contributed by atoms with Gasteiger partial charge in [-0.05, 0) is 37.0 Å². The zero-order valence-corrected chi connectivity index (χ0v) is 13.7. The van der Waals surface area contributed by atoms with E-state index in [1.807, 2.05) is 6.92 Å². The molecule has 122 valence electrons. The number of carbonyl (C=O) groups excluding carboxylic acids is 1. The van der Waals surface area contributed by atoms with Crippen molar-refractivity contribution >= 4 is 15.9 Å². The van der Waals surface area contributed by atoms with Crippen molar-refractivity contribution in [2.45, 2.75) is 56.4 Å². The number of nitrogens with one attached hydrogen (secondary N) is 1. The largest absolute Gasteiger partial charge is 0.350 e. The Bertz CT molecular complexity index is 605. The maximum atomic E-state index is 12.0. The third kappa shape index (κ3) is 4.81. The molecule has 0 saturated heterocycles. The molecule has 22 heavy (non-hydrogen) atoms. The highest BCUT2D eigenvalue weighted by Crippen LogP contribution is 2.28. The summed E-state index contributed by atoms with van der Waals surface area (Å²) in [4.78, 5) is 12.1. The molecule has 2 rings (SSSR count). The fraction of sp³-hybridized carbons (Fsp3) is 0.562. The van der Waals surface area contributed by atoms with Gasteiger partial charge >= 0.3 is 0 Å². The predicted octanol–water partition coefficient (Wildman–Crippen LogP) is 2.48. The zero-order valence-electron chi connectivity index (χ0n) is 12.9. The SMILES string of the molecule is C[C@H](NC(=O)CCC1CCCC1)c1ccc(S(N)(=O)=O)cc1. The number of benzene rings is 1. The molecule has 0 radical (unpaired) electrons. The van der Waals surface area contributed by atoms with Crippen LogP contribution in [0.5, 0.6) is 0 Å². The van der Waals surface area contributed by atoms with E-state index in [1.54, 1.807) is 12.1 Å². The number of hydrogen-bond donors (Lipinski definition) is 2. The van der Waals surface area contributed by atoms with E-state index in [0.717, 1.165) is 12.0 Å². The molecule has 0 aliphatic heterocycles. The molecule has 0 spiro atoms. The number of hydrogen-bond acceptors (Lipinski definition) is 3. The lowest BCUT2D eigenvalue weighted by Gasteiger charge is -2.15. The second kappa shape index (κ2) is 7.24. The molecule has 3 N–H and O–H groups in total. The minimum absolute atomic E-state index is 0.0509. The van der Waals surface area contributed by atoms with Crippen molar-refractivity contribution in [3.63, 3.8) is 0 Å². The van der Waals surface area contributed by atoms with E-state index in [4.69, 9.17) is 5.14 Å². The quantitative estimate of drug-likeness (QED) is 0.842. The van der Waals surface area contributed by atoms with Crippen molar-refractivity contribution in [3.8, 4) is 0 Å². The summed E-state index contributed by atoms with van der Waals surface area (Å²) in [5.74, 6) is 0.755. The van der Waals surface area contributed by atoms with Gasteiger partial charge in [-0.25, -0.2) is 13.6 Å². The summed E-state index contributed by atoms with van der Waals surface area (Å²) in [6.45, 7) is 1.89. The highest BCUT2D eigenvalue weighted by Gasteiger charge is 2.17. The number of primary sulfonamides is 1. The highest BCUT2D eigenvalue weighted by molar-refractivity contribution is 7.89. The first-order valence-corrected chi connectivity index (χ1v) is 9.33. The molecule has 1 aromatic rings. The monoisotopic (exact) mass is 324 g/mol. The average Bonchev–Trinajstić information content (AvgIpc) is 2.97. The first-order chi connectivity index (χ1) is 10.4. The van der Waals surface area contributed by atoms with E-state index in [2.05, 4.69) is 5.32 Å². The number of nitrogens with two attached hydrogens (primary N) is 1. The molecule has 1 fully saturated rings. The Labute approximate surface area is 132 Å². The van der Waals surface area contributed by atoms with Crippen LogP contribution in [0.2, 0.25) is 0 Å². The lowest BCUT2D eigenvalue weighted by Crippen LogP contribution is -2.26. The summed E-state index contributed by atoms with van der Waals surface area (Å²) in [5.41, 5.74) is 0.863. The lowest BCUT2D eigenvalue weighted by atomic mass is 10.0. The average molecular weight is 324 g/mol. The van der Waals surface area contributed by atoms with Crippen molar-refractivity contribution in [1.82, 2.24) is 5.32 Å². The van der Waals surface area contributed by atoms with E-state index in [9.17, 15) is 13.2 Å². The van der Waals surface area contributed by atoms with Crippen LogP contribution >= 0.6 is 0 Å². The first-order valence-electron chi connectivity index (χ1n) is 7.78. The fourth-order valence-corrected chi connectivity index (χ4v) is 3.49. The maximum absolute atomic E-state index is 12.0. The molecule has 1 aromatic carbocycles. The van der Waals surface area contributed by atoms with Crippen LogP contribution in [0.1, 0.15) is 57.1 Å². The van der Waals surface area contributed by atoms with Gasteiger partial charge in [0.2, 0.25) is 15.9 Å². The van der Waals surface area contributed by atoms with E-state index in [1.165, 1.54) is 37.8 Å². The Hall–Kier alpha value is -1.40. The summed E-state index contributed by atoms with van der Waals surface area (Å²) < 4.78 is 22.4. The van der Waals surface area contributed by atoms with Crippen molar-refractivity contribution in [2.24, 2.45) is 11.1 Å². The molecular formula is C16H24N2O3S. The summed E-state index contributed by atoms with van der Waals surface area (Å²) in [5, 5.41) is 8.02. The smallest absolute Gasteiger partial charge is 0.238 e. The summed E-state index contributed by atoms with van der Waals surface area (Å²) in [7, 11) is -3.67. The number of carbonyl (C=O) groups is 1. The van der Waals surface area contributed by atoms with Gasteiger partial charge in [-0.15, -0.1) is 0 Å². The van der Waals surface area contributed by atoms with Crippen molar-refractivity contribution < 1.29 is 13.2 Å². The van der Waals surface area contributed by atoms with Gasteiger partial charge in [-0.2, -0.15) is 0 Å². The molecule has 0 bridgehead atoms. The minimum Gasteiger partial charge on any atom is -0.350 e. The molecule has 1 amide bonds. The zero-order chi connectivity index (χ0) is 16.2. The normalized spacial score (nSPS) is 17.4. The van der Waals surface area contributed by atoms with Crippen LogP contribution in [-0.4, -0.2) is 14.3 Å². The Kier molecular flexibility index (Phi) is 5.58.